The van der Waals surface area contributed by atoms with Crippen molar-refractivity contribution in [1.29, 1.82) is 0 Å². The number of aromatic nitrogens is 1. The highest BCUT2D eigenvalue weighted by atomic mass is 16.5. The van der Waals surface area contributed by atoms with E-state index in [-0.39, 0.29) is 11.5 Å². The van der Waals surface area contributed by atoms with Crippen molar-refractivity contribution in [2.24, 2.45) is 5.41 Å². The van der Waals surface area contributed by atoms with Crippen LogP contribution in [0.15, 0.2) is 18.3 Å². The summed E-state index contributed by atoms with van der Waals surface area (Å²) in [5.41, 5.74) is 2.39. The Kier molecular flexibility index (Phi) is 2.33. The molecule has 3 nitrogen and oxygen atoms in total. The van der Waals surface area contributed by atoms with Crippen LogP contribution in [0.2, 0.25) is 0 Å². The Hall–Kier alpha value is -1.25. The van der Waals surface area contributed by atoms with E-state index in [0.717, 1.165) is 18.6 Å². The number of hydrogen-bond acceptors (Lipinski definition) is 1. The van der Waals surface area contributed by atoms with E-state index in [4.69, 9.17) is 0 Å². The molecule has 0 fully saturated rings. The van der Waals surface area contributed by atoms with Crippen LogP contribution < -0.4 is 0 Å². The Labute approximate surface area is 90.4 Å². The van der Waals surface area contributed by atoms with Crippen LogP contribution in [0.5, 0.6) is 0 Å². The van der Waals surface area contributed by atoms with E-state index in [1.54, 1.807) is 0 Å². The maximum absolute atomic E-state index is 9.97. The highest BCUT2D eigenvalue weighted by molar-refractivity contribution is 5.78. The molecule has 2 heterocycles. The maximum atomic E-state index is 9.97. The molecule has 0 radical (unpaired) electrons. The molecule has 1 atom stereocenters. The summed E-state index contributed by atoms with van der Waals surface area (Å²) in [6.45, 7) is 6.41. The zero-order chi connectivity index (χ0) is 11.1. The van der Waals surface area contributed by atoms with Crippen molar-refractivity contribution in [2.75, 3.05) is 0 Å². The molecular weight excluding hydrogens is 188 g/mol. The molecule has 15 heavy (non-hydrogen) atoms. The minimum atomic E-state index is 0.143. The fourth-order valence-electron chi connectivity index (χ4n) is 2.52. The minimum Gasteiger partial charge on any atom is -0.365 e. The summed E-state index contributed by atoms with van der Waals surface area (Å²) in [4.78, 5) is 3.19. The number of rotatable bonds is 2. The number of nitrogens with one attached hydrogen (secondary N) is 1. The molecule has 0 saturated heterocycles. The molecule has 2 rings (SSSR count). The normalized spacial score (nSPS) is 24.9. The van der Waals surface area contributed by atoms with Gasteiger partial charge in [-0.25, -0.2) is 0 Å². The zero-order valence-electron chi connectivity index (χ0n) is 9.62. The van der Waals surface area contributed by atoms with Crippen LogP contribution in [0, 0.1) is 5.41 Å². The molecule has 1 aliphatic rings. The first-order valence-electron chi connectivity index (χ1n) is 5.43. The van der Waals surface area contributed by atoms with E-state index in [2.05, 4.69) is 24.9 Å². The molecule has 3 heteroatoms. The van der Waals surface area contributed by atoms with Crippen molar-refractivity contribution in [1.82, 2.24) is 4.98 Å². The minimum absolute atomic E-state index is 0.143. The molecule has 0 aliphatic carbocycles. The lowest BCUT2D eigenvalue weighted by atomic mass is 9.81. The summed E-state index contributed by atoms with van der Waals surface area (Å²) in [7, 11) is 0. The van der Waals surface area contributed by atoms with Gasteiger partial charge in [0, 0.05) is 30.7 Å². The Morgan fingerprint density at radius 2 is 2.33 bits per heavy atom. The van der Waals surface area contributed by atoms with E-state index in [1.165, 1.54) is 10.4 Å². The quantitative estimate of drug-likeness (QED) is 0.566. The van der Waals surface area contributed by atoms with Gasteiger partial charge in [0.2, 0.25) is 11.8 Å². The molecule has 1 aliphatic heterocycles. The molecule has 1 aromatic heterocycles. The summed E-state index contributed by atoms with van der Waals surface area (Å²) in [6.07, 6.45) is 3.76. The zero-order valence-corrected chi connectivity index (χ0v) is 9.62. The average molecular weight is 207 g/mol. The second-order valence-corrected chi connectivity index (χ2v) is 5.16. The lowest BCUT2D eigenvalue weighted by Gasteiger charge is -2.20. The maximum Gasteiger partial charge on any atom is 0.213 e. The molecule has 1 unspecified atom stereocenters. The van der Waals surface area contributed by atoms with Crippen molar-refractivity contribution in [3.63, 3.8) is 0 Å². The molecule has 0 spiro atoms. The second kappa shape index (κ2) is 3.40. The van der Waals surface area contributed by atoms with Gasteiger partial charge in [0.25, 0.3) is 0 Å². The predicted molar refractivity (Wildman–Crippen MR) is 59.4 cm³/mol. The predicted octanol–water partition coefficient (Wildman–Crippen LogP) is 2.22. The van der Waals surface area contributed by atoms with Gasteiger partial charge in [0.05, 0.1) is 6.42 Å². The number of nitrogens with zero attached hydrogens (tertiary/aromatic N) is 1. The highest BCUT2D eigenvalue weighted by Gasteiger charge is 2.47. The number of aromatic amines is 1. The van der Waals surface area contributed by atoms with E-state index < -0.39 is 0 Å². The Morgan fingerprint density at radius 1 is 1.60 bits per heavy atom. The van der Waals surface area contributed by atoms with Crippen LogP contribution in [0.25, 0.3) is 0 Å². The summed E-state index contributed by atoms with van der Waals surface area (Å²) in [5, 5.41) is 9.97. The van der Waals surface area contributed by atoms with E-state index in [9.17, 15) is 5.21 Å². The largest absolute Gasteiger partial charge is 0.365 e. The summed E-state index contributed by atoms with van der Waals surface area (Å²) < 4.78 is 1.45. The highest BCUT2D eigenvalue weighted by Crippen LogP contribution is 2.34. The SMILES string of the molecule is CC1=[N+](O)C(Cc2ccc[nH]2)C(C)(C)C1. The first-order valence-corrected chi connectivity index (χ1v) is 5.43. The fraction of sp³-hybridized carbons (Fsp3) is 0.583. The van der Waals surface area contributed by atoms with Crippen LogP contribution in [-0.2, 0) is 6.42 Å². The van der Waals surface area contributed by atoms with Gasteiger partial charge in [-0.2, -0.15) is 0 Å². The standard InChI is InChI=1S/C12H19N2O/c1-9-8-12(2,3)11(14(9)15)7-10-5-4-6-13-10/h4-6,11,13,15H,7-8H2,1-3H3/q+1. The molecule has 0 saturated carbocycles. The summed E-state index contributed by atoms with van der Waals surface area (Å²) >= 11 is 0. The van der Waals surface area contributed by atoms with Crippen molar-refractivity contribution >= 4 is 5.71 Å². The van der Waals surface area contributed by atoms with E-state index in [0.29, 0.717) is 0 Å². The van der Waals surface area contributed by atoms with Crippen molar-refractivity contribution in [3.8, 4) is 0 Å². The third kappa shape index (κ3) is 1.78. The van der Waals surface area contributed by atoms with Gasteiger partial charge in [-0.15, -0.1) is 0 Å². The molecule has 2 N–H and O–H groups in total. The Balaban J connectivity index is 2.20. The van der Waals surface area contributed by atoms with Gasteiger partial charge in [0.1, 0.15) is 0 Å². The van der Waals surface area contributed by atoms with Crippen LogP contribution in [-0.4, -0.2) is 26.7 Å². The van der Waals surface area contributed by atoms with Gasteiger partial charge >= 0.3 is 0 Å². The van der Waals surface area contributed by atoms with Gasteiger partial charge in [-0.1, -0.05) is 13.8 Å². The second-order valence-electron chi connectivity index (χ2n) is 5.16. The average Bonchev–Trinajstić information content (AvgIpc) is 2.69. The van der Waals surface area contributed by atoms with Gasteiger partial charge in [0.15, 0.2) is 0 Å². The number of hydroxylamine groups is 1. The Morgan fingerprint density at radius 3 is 2.80 bits per heavy atom. The fourth-order valence-corrected chi connectivity index (χ4v) is 2.52. The van der Waals surface area contributed by atoms with Crippen LogP contribution in [0.3, 0.4) is 0 Å². The lowest BCUT2D eigenvalue weighted by molar-refractivity contribution is -0.800. The van der Waals surface area contributed by atoms with Gasteiger partial charge < -0.3 is 4.98 Å². The van der Waals surface area contributed by atoms with E-state index in [1.807, 2.05) is 19.2 Å². The number of H-pyrrole nitrogens is 1. The van der Waals surface area contributed by atoms with E-state index >= 15 is 0 Å². The molecule has 0 bridgehead atoms. The third-order valence-corrected chi connectivity index (χ3v) is 3.38. The Bertz CT molecular complexity index is 376. The molecule has 1 aromatic rings. The van der Waals surface area contributed by atoms with Gasteiger partial charge in [-0.3, -0.25) is 5.21 Å². The molecular formula is C12H19N2O+. The van der Waals surface area contributed by atoms with Crippen LogP contribution >= 0.6 is 0 Å². The molecule has 82 valence electrons. The molecule has 0 amide bonds. The van der Waals surface area contributed by atoms with Crippen molar-refractivity contribution < 1.29 is 9.95 Å². The smallest absolute Gasteiger partial charge is 0.213 e. The van der Waals surface area contributed by atoms with Crippen molar-refractivity contribution in [2.45, 2.75) is 39.7 Å². The monoisotopic (exact) mass is 207 g/mol. The summed E-state index contributed by atoms with van der Waals surface area (Å²) in [6, 6.07) is 4.24. The first kappa shape index (κ1) is 10.3. The third-order valence-electron chi connectivity index (χ3n) is 3.38. The first-order chi connectivity index (χ1) is 7.00. The van der Waals surface area contributed by atoms with Crippen LogP contribution in [0.4, 0.5) is 0 Å². The van der Waals surface area contributed by atoms with Crippen molar-refractivity contribution in [3.05, 3.63) is 24.0 Å². The lowest BCUT2D eigenvalue weighted by Crippen LogP contribution is -2.34. The van der Waals surface area contributed by atoms with Crippen LogP contribution in [0.1, 0.15) is 32.9 Å². The topological polar surface area (TPSA) is 39.0 Å². The van der Waals surface area contributed by atoms with Gasteiger partial charge in [-0.05, 0) is 16.9 Å². The molecule has 0 aromatic carbocycles. The summed E-state index contributed by atoms with van der Waals surface area (Å²) in [5.74, 6) is 0. The number of hydrogen-bond donors (Lipinski definition) is 2.